The molecule has 0 spiro atoms. The van der Waals surface area contributed by atoms with Gasteiger partial charge in [-0.2, -0.15) is 0 Å². The number of rotatable bonds is 13. The molecule has 4 aromatic rings. The molecule has 0 radical (unpaired) electrons. The molecule has 1 saturated heterocycles. The lowest BCUT2D eigenvalue weighted by molar-refractivity contribution is -0.0959. The lowest BCUT2D eigenvalue weighted by Crippen LogP contribution is -2.42. The number of methoxy groups -OCH3 is 2. The number of aromatic nitrogens is 2. The van der Waals surface area contributed by atoms with E-state index in [1.165, 1.54) is 6.20 Å². The number of nitrogens with one attached hydrogen (secondary N) is 1. The number of hydrogen-bond acceptors (Lipinski definition) is 9. The van der Waals surface area contributed by atoms with E-state index in [0.717, 1.165) is 21.3 Å². The van der Waals surface area contributed by atoms with Crippen LogP contribution < -0.4 is 20.7 Å². The van der Waals surface area contributed by atoms with Crippen LogP contribution in [0, 0.1) is 0 Å². The molecular weight excluding hydrogens is 657 g/mol. The third-order valence-corrected chi connectivity index (χ3v) is 14.5. The molecule has 50 heavy (non-hydrogen) atoms. The van der Waals surface area contributed by atoms with E-state index < -0.39 is 49.7 Å². The summed E-state index contributed by atoms with van der Waals surface area (Å²) >= 11 is 0. The Hall–Kier alpha value is -4.04. The van der Waals surface area contributed by atoms with E-state index in [9.17, 15) is 19.8 Å². The topological polar surface area (TPSA) is 141 Å². The van der Waals surface area contributed by atoms with Crippen molar-refractivity contribution in [2.45, 2.75) is 75.5 Å². The summed E-state index contributed by atoms with van der Waals surface area (Å²) in [6.45, 7) is 10.8. The number of aliphatic hydroxyl groups is 2. The quantitative estimate of drug-likeness (QED) is 0.133. The molecule has 2 heterocycles. The van der Waals surface area contributed by atoms with Crippen LogP contribution >= 0.6 is 0 Å². The number of H-pyrrole nitrogens is 1. The second-order valence-corrected chi connectivity index (χ2v) is 18.9. The summed E-state index contributed by atoms with van der Waals surface area (Å²) in [5.74, 6) is 1.34. The average Bonchev–Trinajstić information content (AvgIpc) is 3.38. The second-order valence-electron chi connectivity index (χ2n) is 14.0. The van der Waals surface area contributed by atoms with Crippen molar-refractivity contribution in [3.8, 4) is 11.5 Å². The highest BCUT2D eigenvalue weighted by atomic mass is 28.4. The number of aromatic amines is 1. The molecule has 1 aliphatic heterocycles. The summed E-state index contributed by atoms with van der Waals surface area (Å²) in [5.41, 5.74) is 0.164. The van der Waals surface area contributed by atoms with Gasteiger partial charge in [-0.1, -0.05) is 75.4 Å². The van der Waals surface area contributed by atoms with E-state index in [-0.39, 0.29) is 18.1 Å². The van der Waals surface area contributed by atoms with Gasteiger partial charge in [-0.05, 0) is 59.1 Å². The minimum absolute atomic E-state index is 0.00786. The smallest absolute Gasteiger partial charge is 0.330 e. The van der Waals surface area contributed by atoms with E-state index in [0.29, 0.717) is 23.7 Å². The van der Waals surface area contributed by atoms with Gasteiger partial charge >= 0.3 is 5.69 Å². The van der Waals surface area contributed by atoms with Gasteiger partial charge in [-0.25, -0.2) is 4.79 Å². The summed E-state index contributed by atoms with van der Waals surface area (Å²) in [6, 6.07) is 24.7. The molecule has 1 aromatic heterocycles. The zero-order valence-corrected chi connectivity index (χ0v) is 30.7. The molecule has 268 valence electrons. The van der Waals surface area contributed by atoms with Crippen molar-refractivity contribution in [3.05, 3.63) is 128 Å². The molecule has 1 aliphatic rings. The van der Waals surface area contributed by atoms with Gasteiger partial charge in [0.15, 0.2) is 14.5 Å². The summed E-state index contributed by atoms with van der Waals surface area (Å²) < 4.78 is 31.3. The Labute approximate surface area is 293 Å². The SMILES string of the molecule is COc1ccc(C(OC[C@H]2O[C@@H](n3cc(CCO[Si](C)(C)C(C)(C)C)c(=O)[nH]c3=O)[C@H](O)[C@@H]2O)(c2ccccc2)c2ccc(OC)cc2)cc1. The van der Waals surface area contributed by atoms with Crippen molar-refractivity contribution < 1.29 is 33.6 Å². The first-order valence-electron chi connectivity index (χ1n) is 16.7. The van der Waals surface area contributed by atoms with Gasteiger partial charge in [0, 0.05) is 24.8 Å². The molecule has 0 unspecified atom stereocenters. The van der Waals surface area contributed by atoms with Crippen LogP contribution in [-0.4, -0.2) is 73.8 Å². The molecule has 0 aliphatic carbocycles. The predicted molar refractivity (Wildman–Crippen MR) is 192 cm³/mol. The maximum atomic E-state index is 13.0. The molecule has 3 aromatic carbocycles. The van der Waals surface area contributed by atoms with Crippen LogP contribution in [0.5, 0.6) is 11.5 Å². The first-order chi connectivity index (χ1) is 23.7. The van der Waals surface area contributed by atoms with Crippen molar-refractivity contribution in [1.82, 2.24) is 9.55 Å². The third kappa shape index (κ3) is 7.51. The van der Waals surface area contributed by atoms with Crippen molar-refractivity contribution in [2.75, 3.05) is 27.4 Å². The molecule has 11 nitrogen and oxygen atoms in total. The first kappa shape index (κ1) is 37.2. The fraction of sp³-hybridized carbons (Fsp3) is 0.421. The Morgan fingerprint density at radius 3 is 1.88 bits per heavy atom. The van der Waals surface area contributed by atoms with Gasteiger partial charge in [-0.15, -0.1) is 0 Å². The Morgan fingerprint density at radius 2 is 1.36 bits per heavy atom. The van der Waals surface area contributed by atoms with Crippen molar-refractivity contribution >= 4 is 8.32 Å². The summed E-state index contributed by atoms with van der Waals surface area (Å²) in [5, 5.41) is 22.5. The van der Waals surface area contributed by atoms with Crippen molar-refractivity contribution in [3.63, 3.8) is 0 Å². The molecule has 0 bridgehead atoms. The lowest BCUT2D eigenvalue weighted by Gasteiger charge is -2.37. The third-order valence-electron chi connectivity index (χ3n) is 9.93. The van der Waals surface area contributed by atoms with Crippen LogP contribution in [0.2, 0.25) is 18.1 Å². The minimum atomic E-state index is -2.07. The van der Waals surface area contributed by atoms with Crippen LogP contribution in [0.25, 0.3) is 0 Å². The zero-order valence-electron chi connectivity index (χ0n) is 29.7. The maximum absolute atomic E-state index is 13.0. The molecule has 3 N–H and O–H groups in total. The molecule has 4 atom stereocenters. The number of aliphatic hydroxyl groups excluding tert-OH is 2. The summed E-state index contributed by atoms with van der Waals surface area (Å²) in [6.07, 6.45) is -3.59. The standard InChI is InChI=1S/C38H48N2O9Si/c1-37(2,3)50(6,7)48-22-21-25-23-40(36(44)39-34(25)43)35-33(42)32(41)31(49-35)24-47-38(26-11-9-8-10-12-26,27-13-17-29(45-4)18-14-27)28-15-19-30(46-5)20-16-28/h8-20,23,31-33,35,41-42H,21-22,24H2,1-7H3,(H,39,43,44)/t31-,32-,33-,35-/m1/s1. The van der Waals surface area contributed by atoms with E-state index in [2.05, 4.69) is 38.8 Å². The van der Waals surface area contributed by atoms with Gasteiger partial charge in [0.25, 0.3) is 5.56 Å². The fourth-order valence-electron chi connectivity index (χ4n) is 5.90. The van der Waals surface area contributed by atoms with Crippen LogP contribution in [0.1, 0.15) is 49.3 Å². The lowest BCUT2D eigenvalue weighted by atomic mass is 9.80. The molecule has 0 saturated carbocycles. The molecule has 0 amide bonds. The number of ether oxygens (including phenoxy) is 4. The van der Waals surface area contributed by atoms with Gasteiger partial charge in [-0.3, -0.25) is 14.3 Å². The second kappa shape index (κ2) is 15.1. The highest BCUT2D eigenvalue weighted by Crippen LogP contribution is 2.43. The van der Waals surface area contributed by atoms with Gasteiger partial charge in [0.05, 0.1) is 20.8 Å². The Bertz CT molecular complexity index is 1790. The van der Waals surface area contributed by atoms with Crippen LogP contribution in [0.15, 0.2) is 94.6 Å². The Kier molecular flexibility index (Phi) is 11.2. The van der Waals surface area contributed by atoms with E-state index in [4.69, 9.17) is 23.4 Å². The Balaban J connectivity index is 1.46. The van der Waals surface area contributed by atoms with Crippen molar-refractivity contribution in [2.24, 2.45) is 0 Å². The fourth-order valence-corrected chi connectivity index (χ4v) is 6.95. The number of benzene rings is 3. The maximum Gasteiger partial charge on any atom is 0.330 e. The number of nitrogens with zero attached hydrogens (tertiary/aromatic N) is 1. The number of hydrogen-bond donors (Lipinski definition) is 3. The van der Waals surface area contributed by atoms with E-state index >= 15 is 0 Å². The van der Waals surface area contributed by atoms with Crippen molar-refractivity contribution in [1.29, 1.82) is 0 Å². The normalized spacial score (nSPS) is 19.8. The van der Waals surface area contributed by atoms with E-state index in [1.54, 1.807) is 14.2 Å². The largest absolute Gasteiger partial charge is 0.497 e. The summed E-state index contributed by atoms with van der Waals surface area (Å²) in [4.78, 5) is 28.1. The zero-order chi connectivity index (χ0) is 36.3. The van der Waals surface area contributed by atoms with E-state index in [1.807, 2.05) is 78.9 Å². The molecule has 1 fully saturated rings. The predicted octanol–water partition coefficient (Wildman–Crippen LogP) is 4.75. The van der Waals surface area contributed by atoms with Gasteiger partial charge in [0.2, 0.25) is 0 Å². The molecule has 12 heteroatoms. The first-order valence-corrected chi connectivity index (χ1v) is 19.6. The highest BCUT2D eigenvalue weighted by molar-refractivity contribution is 6.74. The van der Waals surface area contributed by atoms with Gasteiger partial charge in [0.1, 0.15) is 35.4 Å². The molecule has 5 rings (SSSR count). The average molecular weight is 705 g/mol. The highest BCUT2D eigenvalue weighted by Gasteiger charge is 2.47. The molecular formula is C38H48N2O9Si. The monoisotopic (exact) mass is 704 g/mol. The van der Waals surface area contributed by atoms with Gasteiger partial charge < -0.3 is 33.6 Å². The van der Waals surface area contributed by atoms with Crippen LogP contribution in [0.3, 0.4) is 0 Å². The minimum Gasteiger partial charge on any atom is -0.497 e. The Morgan fingerprint density at radius 1 is 0.820 bits per heavy atom. The van der Waals surface area contributed by atoms with Crippen LogP contribution in [0.4, 0.5) is 0 Å². The van der Waals surface area contributed by atoms with Crippen LogP contribution in [-0.2, 0) is 25.9 Å². The summed E-state index contributed by atoms with van der Waals surface area (Å²) in [7, 11) is 1.13.